The van der Waals surface area contributed by atoms with E-state index < -0.39 is 0 Å². The van der Waals surface area contributed by atoms with E-state index in [2.05, 4.69) is 15.6 Å². The Bertz CT molecular complexity index is 740. The van der Waals surface area contributed by atoms with Gasteiger partial charge in [-0.25, -0.2) is 0 Å². The molecule has 0 bridgehead atoms. The fraction of sp³-hybridized carbons (Fsp3) is 0.278. The van der Waals surface area contributed by atoms with E-state index in [0.717, 1.165) is 25.7 Å². The Morgan fingerprint density at radius 3 is 2.46 bits per heavy atom. The molecule has 1 aromatic heterocycles. The molecular formula is C18H18ClN3O2. The number of nitrogens with zero attached hydrogens (tertiary/aromatic N) is 1. The number of anilines is 1. The van der Waals surface area contributed by atoms with Crippen LogP contribution in [0.1, 0.15) is 46.5 Å². The number of hydrogen-bond acceptors (Lipinski definition) is 3. The van der Waals surface area contributed by atoms with Crippen LogP contribution in [-0.2, 0) is 0 Å². The van der Waals surface area contributed by atoms with E-state index in [0.29, 0.717) is 16.3 Å². The number of halogens is 1. The first-order chi connectivity index (χ1) is 11.6. The van der Waals surface area contributed by atoms with Gasteiger partial charge in [-0.3, -0.25) is 14.6 Å². The van der Waals surface area contributed by atoms with Crippen molar-refractivity contribution >= 4 is 29.1 Å². The van der Waals surface area contributed by atoms with Gasteiger partial charge < -0.3 is 10.6 Å². The van der Waals surface area contributed by atoms with Crippen molar-refractivity contribution in [1.82, 2.24) is 10.3 Å². The third-order valence-corrected chi connectivity index (χ3v) is 4.30. The lowest BCUT2D eigenvalue weighted by molar-refractivity contribution is 0.0933. The lowest BCUT2D eigenvalue weighted by atomic mass is 10.2. The van der Waals surface area contributed by atoms with Crippen molar-refractivity contribution in [3.8, 4) is 0 Å². The molecule has 0 atom stereocenters. The molecule has 1 heterocycles. The van der Waals surface area contributed by atoms with E-state index in [4.69, 9.17) is 11.6 Å². The molecule has 0 saturated heterocycles. The molecule has 0 unspecified atom stereocenters. The SMILES string of the molecule is O=C(Nc1ccc(Cl)cc1)c1ccnc(C(=O)NC2CCCC2)c1. The van der Waals surface area contributed by atoms with Crippen molar-refractivity contribution in [1.29, 1.82) is 0 Å². The lowest BCUT2D eigenvalue weighted by Gasteiger charge is -2.12. The largest absolute Gasteiger partial charge is 0.348 e. The minimum atomic E-state index is -0.297. The average Bonchev–Trinajstić information content (AvgIpc) is 3.10. The molecule has 3 rings (SSSR count). The number of nitrogens with one attached hydrogen (secondary N) is 2. The molecule has 0 spiro atoms. The monoisotopic (exact) mass is 343 g/mol. The Kier molecular flexibility index (Phi) is 5.11. The number of hydrogen-bond donors (Lipinski definition) is 2. The molecule has 0 aliphatic heterocycles. The third kappa shape index (κ3) is 4.11. The Morgan fingerprint density at radius 1 is 1.04 bits per heavy atom. The summed E-state index contributed by atoms with van der Waals surface area (Å²) in [7, 11) is 0. The second-order valence-electron chi connectivity index (χ2n) is 5.85. The third-order valence-electron chi connectivity index (χ3n) is 4.05. The Balaban J connectivity index is 1.68. The molecule has 1 aromatic carbocycles. The number of carbonyl (C=O) groups excluding carboxylic acids is 2. The standard InChI is InChI=1S/C18H18ClN3O2/c19-13-5-7-15(8-6-13)21-17(23)12-9-10-20-16(11-12)18(24)22-14-3-1-2-4-14/h5-11,14H,1-4H2,(H,21,23)(H,22,24). The summed E-state index contributed by atoms with van der Waals surface area (Å²) in [6.45, 7) is 0. The fourth-order valence-electron chi connectivity index (χ4n) is 2.76. The van der Waals surface area contributed by atoms with Gasteiger partial charge in [0.05, 0.1) is 0 Å². The van der Waals surface area contributed by atoms with Crippen LogP contribution in [0.15, 0.2) is 42.6 Å². The zero-order valence-corrected chi connectivity index (χ0v) is 13.8. The molecule has 0 radical (unpaired) electrons. The number of aromatic nitrogens is 1. The van der Waals surface area contributed by atoms with E-state index in [9.17, 15) is 9.59 Å². The van der Waals surface area contributed by atoms with E-state index in [1.807, 2.05) is 0 Å². The maximum absolute atomic E-state index is 12.3. The summed E-state index contributed by atoms with van der Waals surface area (Å²) in [5, 5.41) is 6.34. The van der Waals surface area contributed by atoms with Crippen LogP contribution >= 0.6 is 11.6 Å². The van der Waals surface area contributed by atoms with Crippen LogP contribution in [0, 0.1) is 0 Å². The van der Waals surface area contributed by atoms with Crippen molar-refractivity contribution in [2.45, 2.75) is 31.7 Å². The van der Waals surface area contributed by atoms with Crippen LogP contribution in [0.25, 0.3) is 0 Å². The smallest absolute Gasteiger partial charge is 0.270 e. The fourth-order valence-corrected chi connectivity index (χ4v) is 2.89. The van der Waals surface area contributed by atoms with Crippen LogP contribution in [0.4, 0.5) is 5.69 Å². The van der Waals surface area contributed by atoms with Crippen molar-refractivity contribution in [2.75, 3.05) is 5.32 Å². The summed E-state index contributed by atoms with van der Waals surface area (Å²) in [4.78, 5) is 28.6. The van der Waals surface area contributed by atoms with Crippen LogP contribution in [-0.4, -0.2) is 22.8 Å². The van der Waals surface area contributed by atoms with Gasteiger partial charge in [0, 0.05) is 28.5 Å². The first kappa shape index (κ1) is 16.5. The molecule has 2 aromatic rings. The molecule has 1 aliphatic carbocycles. The highest BCUT2D eigenvalue weighted by molar-refractivity contribution is 6.30. The summed E-state index contributed by atoms with van der Waals surface area (Å²) in [6, 6.07) is 10.1. The minimum absolute atomic E-state index is 0.214. The number of amides is 2. The van der Waals surface area contributed by atoms with Crippen LogP contribution < -0.4 is 10.6 Å². The summed E-state index contributed by atoms with van der Waals surface area (Å²) in [5.74, 6) is -0.530. The zero-order valence-electron chi connectivity index (χ0n) is 13.1. The van der Waals surface area contributed by atoms with Gasteiger partial charge in [0.15, 0.2) is 0 Å². The van der Waals surface area contributed by atoms with Gasteiger partial charge in [-0.15, -0.1) is 0 Å². The zero-order chi connectivity index (χ0) is 16.9. The summed E-state index contributed by atoms with van der Waals surface area (Å²) in [5.41, 5.74) is 1.28. The molecule has 2 N–H and O–H groups in total. The number of benzene rings is 1. The maximum Gasteiger partial charge on any atom is 0.270 e. The van der Waals surface area contributed by atoms with E-state index in [1.165, 1.54) is 12.3 Å². The molecule has 1 fully saturated rings. The van der Waals surface area contributed by atoms with Crippen LogP contribution in [0.5, 0.6) is 0 Å². The van der Waals surface area contributed by atoms with Crippen molar-refractivity contribution in [2.24, 2.45) is 0 Å². The Morgan fingerprint density at radius 2 is 1.75 bits per heavy atom. The molecule has 124 valence electrons. The molecule has 5 nitrogen and oxygen atoms in total. The van der Waals surface area contributed by atoms with Gasteiger partial charge in [0.2, 0.25) is 0 Å². The van der Waals surface area contributed by atoms with E-state index in [-0.39, 0.29) is 23.6 Å². The molecule has 6 heteroatoms. The van der Waals surface area contributed by atoms with Crippen molar-refractivity contribution in [3.63, 3.8) is 0 Å². The average molecular weight is 344 g/mol. The Hall–Kier alpha value is -2.40. The van der Waals surface area contributed by atoms with Gasteiger partial charge in [-0.2, -0.15) is 0 Å². The number of rotatable bonds is 4. The molecule has 24 heavy (non-hydrogen) atoms. The van der Waals surface area contributed by atoms with Crippen molar-refractivity contribution in [3.05, 3.63) is 58.9 Å². The first-order valence-electron chi connectivity index (χ1n) is 7.95. The van der Waals surface area contributed by atoms with Crippen molar-refractivity contribution < 1.29 is 9.59 Å². The normalized spacial score (nSPS) is 14.4. The van der Waals surface area contributed by atoms with Crippen LogP contribution in [0.3, 0.4) is 0 Å². The second-order valence-corrected chi connectivity index (χ2v) is 6.28. The lowest BCUT2D eigenvalue weighted by Crippen LogP contribution is -2.33. The van der Waals surface area contributed by atoms with Gasteiger partial charge in [-0.1, -0.05) is 24.4 Å². The topological polar surface area (TPSA) is 71.1 Å². The summed E-state index contributed by atoms with van der Waals surface area (Å²) >= 11 is 5.83. The van der Waals surface area contributed by atoms with Crippen LogP contribution in [0.2, 0.25) is 5.02 Å². The first-order valence-corrected chi connectivity index (χ1v) is 8.33. The van der Waals surface area contributed by atoms with E-state index >= 15 is 0 Å². The molecule has 1 saturated carbocycles. The highest BCUT2D eigenvalue weighted by atomic mass is 35.5. The van der Waals surface area contributed by atoms with E-state index in [1.54, 1.807) is 30.3 Å². The highest BCUT2D eigenvalue weighted by Crippen LogP contribution is 2.18. The number of pyridine rings is 1. The van der Waals surface area contributed by atoms with Gasteiger partial charge in [0.25, 0.3) is 11.8 Å². The summed E-state index contributed by atoms with van der Waals surface area (Å²) in [6.07, 6.45) is 5.76. The predicted molar refractivity (Wildman–Crippen MR) is 93.4 cm³/mol. The Labute approximate surface area is 145 Å². The summed E-state index contributed by atoms with van der Waals surface area (Å²) < 4.78 is 0. The maximum atomic E-state index is 12.3. The highest BCUT2D eigenvalue weighted by Gasteiger charge is 2.19. The molecular weight excluding hydrogens is 326 g/mol. The van der Waals surface area contributed by atoms with Gasteiger partial charge in [-0.05, 0) is 49.2 Å². The quantitative estimate of drug-likeness (QED) is 0.890. The van der Waals surface area contributed by atoms with Gasteiger partial charge in [0.1, 0.15) is 5.69 Å². The molecule has 2 amide bonds. The molecule has 1 aliphatic rings. The van der Waals surface area contributed by atoms with Gasteiger partial charge >= 0.3 is 0 Å². The predicted octanol–water partition coefficient (Wildman–Crippen LogP) is 3.66. The minimum Gasteiger partial charge on any atom is -0.348 e. The number of carbonyl (C=O) groups is 2. The second kappa shape index (κ2) is 7.45.